The molecule has 2 fully saturated rings. The summed E-state index contributed by atoms with van der Waals surface area (Å²) in [5, 5.41) is 7.65. The number of nitrogens with one attached hydrogen (secondary N) is 1. The summed E-state index contributed by atoms with van der Waals surface area (Å²) in [6.07, 6.45) is 8.91. The van der Waals surface area contributed by atoms with Crippen molar-refractivity contribution >= 4 is 5.91 Å². The monoisotopic (exact) mass is 333 g/mol. The third kappa shape index (κ3) is 3.81. The number of nitrogens with zero attached hydrogens (tertiary/aromatic N) is 4. The molecule has 2 saturated heterocycles. The molecule has 1 aromatic rings. The third-order valence-electron chi connectivity index (χ3n) is 5.78. The van der Waals surface area contributed by atoms with Gasteiger partial charge in [0.1, 0.15) is 0 Å². The second kappa shape index (κ2) is 7.66. The Balaban J connectivity index is 1.56. The molecule has 0 saturated carbocycles. The summed E-state index contributed by atoms with van der Waals surface area (Å²) in [6.45, 7) is 3.68. The van der Waals surface area contributed by atoms with E-state index in [4.69, 9.17) is 0 Å². The van der Waals surface area contributed by atoms with E-state index < -0.39 is 0 Å². The van der Waals surface area contributed by atoms with Gasteiger partial charge in [-0.25, -0.2) is 0 Å². The molecule has 2 aliphatic heterocycles. The second-order valence-electron chi connectivity index (χ2n) is 7.50. The van der Waals surface area contributed by atoms with Crippen LogP contribution in [0, 0.1) is 5.92 Å². The fourth-order valence-electron chi connectivity index (χ4n) is 4.16. The van der Waals surface area contributed by atoms with Crippen LogP contribution in [0.2, 0.25) is 0 Å². The van der Waals surface area contributed by atoms with Crippen LogP contribution in [0.25, 0.3) is 0 Å². The summed E-state index contributed by atoms with van der Waals surface area (Å²) >= 11 is 0. The molecule has 0 aliphatic carbocycles. The van der Waals surface area contributed by atoms with E-state index in [-0.39, 0.29) is 17.7 Å². The van der Waals surface area contributed by atoms with Gasteiger partial charge in [0, 0.05) is 51.9 Å². The van der Waals surface area contributed by atoms with Crippen LogP contribution in [-0.4, -0.2) is 71.8 Å². The Bertz CT molecular complexity index is 557. The van der Waals surface area contributed by atoms with Crippen LogP contribution in [0.4, 0.5) is 0 Å². The molecule has 1 amide bonds. The highest BCUT2D eigenvalue weighted by Crippen LogP contribution is 2.29. The Morgan fingerprint density at radius 1 is 1.38 bits per heavy atom. The first-order chi connectivity index (χ1) is 11.6. The Hall–Kier alpha value is -1.40. The Labute approximate surface area is 145 Å². The van der Waals surface area contributed by atoms with Crippen molar-refractivity contribution in [2.24, 2.45) is 13.0 Å². The number of aromatic nitrogens is 2. The first-order valence-corrected chi connectivity index (χ1v) is 9.20. The average Bonchev–Trinajstić information content (AvgIpc) is 3.21. The molecule has 1 aromatic heterocycles. The molecule has 1 unspecified atom stereocenters. The van der Waals surface area contributed by atoms with E-state index in [2.05, 4.69) is 22.4 Å². The number of likely N-dealkylation sites (tertiary alicyclic amines) is 1. The normalized spacial score (nSPS) is 28.2. The molecule has 1 N–H and O–H groups in total. The van der Waals surface area contributed by atoms with E-state index in [1.807, 2.05) is 36.1 Å². The lowest BCUT2D eigenvalue weighted by Crippen LogP contribution is -2.41. The van der Waals surface area contributed by atoms with E-state index in [0.29, 0.717) is 6.04 Å². The zero-order valence-corrected chi connectivity index (χ0v) is 15.2. The minimum absolute atomic E-state index is 0.0308. The zero-order chi connectivity index (χ0) is 17.1. The summed E-state index contributed by atoms with van der Waals surface area (Å²) in [6, 6.07) is 0.629. The van der Waals surface area contributed by atoms with Gasteiger partial charge in [-0.15, -0.1) is 0 Å². The minimum atomic E-state index is 0.0308. The van der Waals surface area contributed by atoms with E-state index in [1.165, 1.54) is 31.4 Å². The summed E-state index contributed by atoms with van der Waals surface area (Å²) in [5.41, 5.74) is 1.17. The van der Waals surface area contributed by atoms with Gasteiger partial charge in [0.2, 0.25) is 5.91 Å². The van der Waals surface area contributed by atoms with Crippen LogP contribution < -0.4 is 5.32 Å². The molecule has 2 aliphatic rings. The Morgan fingerprint density at radius 3 is 2.92 bits per heavy atom. The molecule has 3 atom stereocenters. The van der Waals surface area contributed by atoms with Gasteiger partial charge in [0.25, 0.3) is 0 Å². The van der Waals surface area contributed by atoms with E-state index in [1.54, 1.807) is 0 Å². The van der Waals surface area contributed by atoms with Crippen molar-refractivity contribution in [1.82, 2.24) is 24.9 Å². The van der Waals surface area contributed by atoms with Crippen molar-refractivity contribution in [2.75, 3.05) is 40.3 Å². The SMILES string of the molecule is CN(CCC1CCCCN1C)C(=O)[C@H]1CNC[C@@H]1c1cnn(C)c1. The smallest absolute Gasteiger partial charge is 0.227 e. The zero-order valence-electron chi connectivity index (χ0n) is 15.2. The van der Waals surface area contributed by atoms with Crippen molar-refractivity contribution in [3.05, 3.63) is 18.0 Å². The largest absolute Gasteiger partial charge is 0.345 e. The molecule has 0 bridgehead atoms. The van der Waals surface area contributed by atoms with Gasteiger partial charge in [0.15, 0.2) is 0 Å². The van der Waals surface area contributed by atoms with Crippen LogP contribution >= 0.6 is 0 Å². The van der Waals surface area contributed by atoms with Gasteiger partial charge < -0.3 is 15.1 Å². The van der Waals surface area contributed by atoms with Gasteiger partial charge in [-0.3, -0.25) is 9.48 Å². The summed E-state index contributed by atoms with van der Waals surface area (Å²) in [5.74, 6) is 0.543. The summed E-state index contributed by atoms with van der Waals surface area (Å²) < 4.78 is 1.82. The number of amides is 1. The predicted molar refractivity (Wildman–Crippen MR) is 94.8 cm³/mol. The molecular formula is C18H31N5O. The number of piperidine rings is 1. The molecule has 0 spiro atoms. The van der Waals surface area contributed by atoms with Gasteiger partial charge in [-0.2, -0.15) is 5.10 Å². The topological polar surface area (TPSA) is 53.4 Å². The standard InChI is InChI=1S/C18H31N5O/c1-21-8-5-4-6-15(21)7-9-22(2)18(24)17-12-19-11-16(17)14-10-20-23(3)13-14/h10,13,15-17,19H,4-9,11-12H2,1-3H3/t15?,16-,17+/m1/s1. The van der Waals surface area contributed by atoms with Crippen LogP contribution in [0.5, 0.6) is 0 Å². The number of carbonyl (C=O) groups is 1. The van der Waals surface area contributed by atoms with Crippen molar-refractivity contribution in [3.63, 3.8) is 0 Å². The van der Waals surface area contributed by atoms with Crippen molar-refractivity contribution in [1.29, 1.82) is 0 Å². The lowest BCUT2D eigenvalue weighted by atomic mass is 9.89. The fraction of sp³-hybridized carbons (Fsp3) is 0.778. The number of carbonyl (C=O) groups excluding carboxylic acids is 1. The van der Waals surface area contributed by atoms with Crippen molar-refractivity contribution in [2.45, 2.75) is 37.6 Å². The second-order valence-corrected chi connectivity index (χ2v) is 7.50. The highest BCUT2D eigenvalue weighted by atomic mass is 16.2. The molecule has 6 nitrogen and oxygen atoms in total. The third-order valence-corrected chi connectivity index (χ3v) is 5.78. The predicted octanol–water partition coefficient (Wildman–Crippen LogP) is 1.06. The molecule has 0 aromatic carbocycles. The van der Waals surface area contributed by atoms with E-state index in [9.17, 15) is 4.79 Å². The molecule has 6 heteroatoms. The van der Waals surface area contributed by atoms with Gasteiger partial charge in [-0.05, 0) is 38.4 Å². The van der Waals surface area contributed by atoms with Gasteiger partial charge in [-0.1, -0.05) is 6.42 Å². The van der Waals surface area contributed by atoms with Crippen molar-refractivity contribution < 1.29 is 4.79 Å². The first kappa shape index (κ1) is 17.4. The molecule has 3 rings (SSSR count). The van der Waals surface area contributed by atoms with Crippen LogP contribution in [0.1, 0.15) is 37.2 Å². The fourth-order valence-corrected chi connectivity index (χ4v) is 4.16. The highest BCUT2D eigenvalue weighted by Gasteiger charge is 2.36. The quantitative estimate of drug-likeness (QED) is 0.875. The minimum Gasteiger partial charge on any atom is -0.345 e. The molecular weight excluding hydrogens is 302 g/mol. The maximum absolute atomic E-state index is 12.9. The van der Waals surface area contributed by atoms with Gasteiger partial charge >= 0.3 is 0 Å². The van der Waals surface area contributed by atoms with Crippen molar-refractivity contribution in [3.8, 4) is 0 Å². The molecule has 3 heterocycles. The highest BCUT2D eigenvalue weighted by molar-refractivity contribution is 5.80. The van der Waals surface area contributed by atoms with E-state index >= 15 is 0 Å². The number of rotatable bonds is 5. The Morgan fingerprint density at radius 2 is 2.21 bits per heavy atom. The molecule has 134 valence electrons. The number of hydrogen-bond donors (Lipinski definition) is 1. The van der Waals surface area contributed by atoms with Gasteiger partial charge in [0.05, 0.1) is 12.1 Å². The van der Waals surface area contributed by atoms with Crippen LogP contribution in [0.3, 0.4) is 0 Å². The number of hydrogen-bond acceptors (Lipinski definition) is 4. The Kier molecular flexibility index (Phi) is 5.56. The van der Waals surface area contributed by atoms with Crippen LogP contribution in [-0.2, 0) is 11.8 Å². The maximum atomic E-state index is 12.9. The number of aryl methyl sites for hydroxylation is 1. The lowest BCUT2D eigenvalue weighted by molar-refractivity contribution is -0.134. The molecule has 24 heavy (non-hydrogen) atoms. The van der Waals surface area contributed by atoms with Crippen LogP contribution in [0.15, 0.2) is 12.4 Å². The first-order valence-electron chi connectivity index (χ1n) is 9.20. The molecule has 0 radical (unpaired) electrons. The summed E-state index contributed by atoms with van der Waals surface area (Å²) in [7, 11) is 6.10. The summed E-state index contributed by atoms with van der Waals surface area (Å²) in [4.78, 5) is 17.3. The average molecular weight is 333 g/mol. The van der Waals surface area contributed by atoms with E-state index in [0.717, 1.165) is 26.1 Å². The lowest BCUT2D eigenvalue weighted by Gasteiger charge is -2.34. The maximum Gasteiger partial charge on any atom is 0.227 e.